The molecule has 1 fully saturated rings. The predicted octanol–water partition coefficient (Wildman–Crippen LogP) is 5.89. The summed E-state index contributed by atoms with van der Waals surface area (Å²) in [5, 5.41) is 9.87. The minimum atomic E-state index is -0.138. The SMILES string of the molecule is Cc1ccc(NC(=O)NC2CCN(CCCCCNC(=O)/C=C/c3ccc(Cl)c(Cl)c3)CC2)cc1. The zero-order valence-corrected chi connectivity index (χ0v) is 21.7. The van der Waals surface area contributed by atoms with Crippen LogP contribution in [0, 0.1) is 6.92 Å². The van der Waals surface area contributed by atoms with Crippen molar-refractivity contribution in [1.82, 2.24) is 15.5 Å². The van der Waals surface area contributed by atoms with E-state index in [4.69, 9.17) is 23.2 Å². The van der Waals surface area contributed by atoms with Crippen LogP contribution in [0.5, 0.6) is 0 Å². The monoisotopic (exact) mass is 516 g/mol. The second-order valence-electron chi connectivity index (χ2n) is 8.94. The largest absolute Gasteiger partial charge is 0.353 e. The topological polar surface area (TPSA) is 73.5 Å². The molecular weight excluding hydrogens is 483 g/mol. The zero-order chi connectivity index (χ0) is 25.0. The molecule has 0 bridgehead atoms. The molecule has 0 aromatic heterocycles. The average Bonchev–Trinajstić information content (AvgIpc) is 2.84. The van der Waals surface area contributed by atoms with Gasteiger partial charge in [-0.05, 0) is 75.1 Å². The van der Waals surface area contributed by atoms with E-state index in [2.05, 4.69) is 20.9 Å². The third kappa shape index (κ3) is 9.92. The lowest BCUT2D eigenvalue weighted by Gasteiger charge is -2.32. The van der Waals surface area contributed by atoms with Crippen LogP contribution in [0.2, 0.25) is 10.0 Å². The molecule has 1 saturated heterocycles. The van der Waals surface area contributed by atoms with Crippen molar-refractivity contribution in [2.24, 2.45) is 0 Å². The van der Waals surface area contributed by atoms with Crippen molar-refractivity contribution in [1.29, 1.82) is 0 Å². The van der Waals surface area contributed by atoms with Crippen molar-refractivity contribution in [2.45, 2.75) is 45.1 Å². The molecule has 0 atom stereocenters. The van der Waals surface area contributed by atoms with Gasteiger partial charge in [0.2, 0.25) is 5.91 Å². The van der Waals surface area contributed by atoms with Crippen LogP contribution >= 0.6 is 23.2 Å². The minimum absolute atomic E-state index is 0.114. The highest BCUT2D eigenvalue weighted by Gasteiger charge is 2.20. The van der Waals surface area contributed by atoms with E-state index in [1.807, 2.05) is 37.3 Å². The highest BCUT2D eigenvalue weighted by molar-refractivity contribution is 6.42. The number of likely N-dealkylation sites (tertiary alicyclic amines) is 1. The molecule has 3 N–H and O–H groups in total. The summed E-state index contributed by atoms with van der Waals surface area (Å²) in [6.45, 7) is 5.72. The van der Waals surface area contributed by atoms with Gasteiger partial charge < -0.3 is 20.9 Å². The molecule has 8 heteroatoms. The molecule has 1 heterocycles. The van der Waals surface area contributed by atoms with Gasteiger partial charge in [0.1, 0.15) is 0 Å². The Morgan fingerprint density at radius 1 is 1.00 bits per heavy atom. The van der Waals surface area contributed by atoms with Gasteiger partial charge in [-0.3, -0.25) is 4.79 Å². The minimum Gasteiger partial charge on any atom is -0.353 e. The Kier molecular flexibility index (Phi) is 10.9. The highest BCUT2D eigenvalue weighted by atomic mass is 35.5. The van der Waals surface area contributed by atoms with Gasteiger partial charge in [0.25, 0.3) is 0 Å². The number of anilines is 1. The number of carbonyl (C=O) groups is 2. The van der Waals surface area contributed by atoms with Gasteiger partial charge in [-0.15, -0.1) is 0 Å². The van der Waals surface area contributed by atoms with Crippen LogP contribution in [0.1, 0.15) is 43.2 Å². The van der Waals surface area contributed by atoms with Gasteiger partial charge >= 0.3 is 6.03 Å². The zero-order valence-electron chi connectivity index (χ0n) is 20.2. The molecule has 188 valence electrons. The molecule has 0 radical (unpaired) electrons. The van der Waals surface area contributed by atoms with E-state index in [-0.39, 0.29) is 18.0 Å². The first-order valence-electron chi connectivity index (χ1n) is 12.2. The van der Waals surface area contributed by atoms with E-state index in [0.717, 1.165) is 63.0 Å². The number of piperidine rings is 1. The van der Waals surface area contributed by atoms with Crippen LogP contribution in [-0.4, -0.2) is 49.1 Å². The molecule has 3 amide bonds. The highest BCUT2D eigenvalue weighted by Crippen LogP contribution is 2.23. The number of hydrogen-bond acceptors (Lipinski definition) is 3. The van der Waals surface area contributed by atoms with Crippen LogP contribution in [0.15, 0.2) is 48.5 Å². The lowest BCUT2D eigenvalue weighted by molar-refractivity contribution is -0.116. The Balaban J connectivity index is 1.21. The van der Waals surface area contributed by atoms with Crippen molar-refractivity contribution < 1.29 is 9.59 Å². The third-order valence-corrected chi connectivity index (χ3v) is 6.79. The fourth-order valence-corrected chi connectivity index (χ4v) is 4.29. The molecule has 2 aromatic rings. The molecule has 0 saturated carbocycles. The second-order valence-corrected chi connectivity index (χ2v) is 9.75. The van der Waals surface area contributed by atoms with Gasteiger partial charge in [-0.1, -0.05) is 53.4 Å². The summed E-state index contributed by atoms with van der Waals surface area (Å²) in [6, 6.07) is 13.1. The van der Waals surface area contributed by atoms with E-state index < -0.39 is 0 Å². The standard InChI is InChI=1S/C27H34Cl2N4O2/c1-20-5-9-22(10-6-20)31-27(35)32-23-13-17-33(18-14-23)16-4-2-3-15-30-26(34)12-8-21-7-11-24(28)25(29)19-21/h5-12,19,23H,2-4,13-18H2,1H3,(H,30,34)(H2,31,32,35)/b12-8+. The van der Waals surface area contributed by atoms with Crippen molar-refractivity contribution in [3.8, 4) is 0 Å². The smallest absolute Gasteiger partial charge is 0.319 e. The number of rotatable bonds is 10. The molecule has 0 aliphatic carbocycles. The molecule has 2 aromatic carbocycles. The maximum absolute atomic E-state index is 12.2. The Bertz CT molecular complexity index is 1000. The van der Waals surface area contributed by atoms with Gasteiger partial charge in [0, 0.05) is 37.4 Å². The second kappa shape index (κ2) is 14.1. The molecular formula is C27H34Cl2N4O2. The molecule has 35 heavy (non-hydrogen) atoms. The molecule has 3 rings (SSSR count). The summed E-state index contributed by atoms with van der Waals surface area (Å²) in [4.78, 5) is 26.7. The lowest BCUT2D eigenvalue weighted by atomic mass is 10.0. The summed E-state index contributed by atoms with van der Waals surface area (Å²) in [5.41, 5.74) is 2.81. The first kappa shape index (κ1) is 27.1. The van der Waals surface area contributed by atoms with E-state index in [9.17, 15) is 9.59 Å². The van der Waals surface area contributed by atoms with Crippen LogP contribution in [0.4, 0.5) is 10.5 Å². The predicted molar refractivity (Wildman–Crippen MR) is 145 cm³/mol. The normalized spacial score (nSPS) is 14.7. The maximum Gasteiger partial charge on any atom is 0.319 e. The molecule has 0 unspecified atom stereocenters. The van der Waals surface area contributed by atoms with Crippen LogP contribution in [-0.2, 0) is 4.79 Å². The number of nitrogens with one attached hydrogen (secondary N) is 3. The maximum atomic E-state index is 12.2. The first-order chi connectivity index (χ1) is 16.9. The number of halogens is 2. The Morgan fingerprint density at radius 2 is 1.74 bits per heavy atom. The number of aryl methyl sites for hydroxylation is 1. The molecule has 1 aliphatic rings. The van der Waals surface area contributed by atoms with Crippen molar-refractivity contribution in [3.63, 3.8) is 0 Å². The molecule has 1 aliphatic heterocycles. The Morgan fingerprint density at radius 3 is 2.46 bits per heavy atom. The number of carbonyl (C=O) groups excluding carboxylic acids is 2. The summed E-state index contributed by atoms with van der Waals surface area (Å²) < 4.78 is 0. The number of urea groups is 1. The van der Waals surface area contributed by atoms with Gasteiger partial charge in [0.05, 0.1) is 10.0 Å². The van der Waals surface area contributed by atoms with Crippen molar-refractivity contribution >= 4 is 46.9 Å². The summed E-state index contributed by atoms with van der Waals surface area (Å²) in [6.07, 6.45) is 8.27. The fourth-order valence-electron chi connectivity index (χ4n) is 3.99. The third-order valence-electron chi connectivity index (χ3n) is 6.05. The summed E-state index contributed by atoms with van der Waals surface area (Å²) in [5.74, 6) is -0.114. The van der Waals surface area contributed by atoms with E-state index >= 15 is 0 Å². The average molecular weight is 518 g/mol. The van der Waals surface area contributed by atoms with Gasteiger partial charge in [-0.2, -0.15) is 0 Å². The van der Waals surface area contributed by atoms with Crippen LogP contribution in [0.3, 0.4) is 0 Å². The van der Waals surface area contributed by atoms with Gasteiger partial charge in [-0.25, -0.2) is 4.79 Å². The summed E-state index contributed by atoms with van der Waals surface area (Å²) in [7, 11) is 0. The number of nitrogens with zero attached hydrogens (tertiary/aromatic N) is 1. The quantitative estimate of drug-likeness (QED) is 0.272. The Labute approximate surface area is 218 Å². The molecule has 6 nitrogen and oxygen atoms in total. The summed E-state index contributed by atoms with van der Waals surface area (Å²) >= 11 is 11.9. The van der Waals surface area contributed by atoms with E-state index in [0.29, 0.717) is 16.6 Å². The Hall–Kier alpha value is -2.54. The fraction of sp³-hybridized carbons (Fsp3) is 0.407. The van der Waals surface area contributed by atoms with E-state index in [1.165, 1.54) is 11.6 Å². The van der Waals surface area contributed by atoms with Crippen molar-refractivity contribution in [3.05, 3.63) is 69.7 Å². The van der Waals surface area contributed by atoms with Crippen LogP contribution < -0.4 is 16.0 Å². The van der Waals surface area contributed by atoms with E-state index in [1.54, 1.807) is 18.2 Å². The lowest BCUT2D eigenvalue weighted by Crippen LogP contribution is -2.46. The first-order valence-corrected chi connectivity index (χ1v) is 12.9. The van der Waals surface area contributed by atoms with Crippen molar-refractivity contribution in [2.75, 3.05) is 31.5 Å². The number of amides is 3. The van der Waals surface area contributed by atoms with Gasteiger partial charge in [0.15, 0.2) is 0 Å². The number of benzene rings is 2. The molecule has 0 spiro atoms. The number of unbranched alkanes of at least 4 members (excludes halogenated alkanes) is 2. The number of hydrogen-bond donors (Lipinski definition) is 3. The van der Waals surface area contributed by atoms with Crippen LogP contribution in [0.25, 0.3) is 6.08 Å².